The molecule has 2 aliphatic rings. The van der Waals surface area contributed by atoms with Gasteiger partial charge in [0.15, 0.2) is 5.76 Å². The number of ketones is 1. The topological polar surface area (TPSA) is 106 Å². The fourth-order valence-corrected chi connectivity index (χ4v) is 5.44. The standard InChI is InChI=1S/C24H18F3N3O5/c1-29-12-15(13-5-2-6-14(11-13)30(33)34)19(21(31)18-9-4-10-35-18)23(29)16-7-3-8-17(24(25,26)27)20(16)28-22(23)32/h2-11,15,19H,12H2,1H3,(H,28,32)/t15-,19-,23-/m1/s1. The number of amides is 1. The molecule has 180 valence electrons. The Morgan fingerprint density at radius 3 is 2.60 bits per heavy atom. The smallest absolute Gasteiger partial charge is 0.418 e. The number of alkyl halides is 3. The molecule has 11 heteroatoms. The van der Waals surface area contributed by atoms with Gasteiger partial charge in [-0.2, -0.15) is 13.2 Å². The van der Waals surface area contributed by atoms with E-state index in [1.807, 2.05) is 0 Å². The third kappa shape index (κ3) is 3.26. The van der Waals surface area contributed by atoms with Crippen molar-refractivity contribution >= 4 is 23.1 Å². The first-order valence-electron chi connectivity index (χ1n) is 10.6. The highest BCUT2D eigenvalue weighted by Gasteiger charge is 2.65. The van der Waals surface area contributed by atoms with Crippen LogP contribution in [0.5, 0.6) is 0 Å². The maximum Gasteiger partial charge on any atom is 0.418 e. The number of rotatable bonds is 4. The van der Waals surface area contributed by atoms with Gasteiger partial charge in [0, 0.05) is 30.2 Å². The monoisotopic (exact) mass is 485 g/mol. The number of furan rings is 1. The highest BCUT2D eigenvalue weighted by molar-refractivity contribution is 6.12. The molecule has 0 radical (unpaired) electrons. The zero-order chi connectivity index (χ0) is 25.1. The SMILES string of the molecule is CN1C[C@H](c2cccc([N+](=O)[O-])c2)[C@H](C(=O)c2ccco2)[C@]12C(=O)Nc1c(C(F)(F)F)cccc12. The zero-order valence-corrected chi connectivity index (χ0v) is 18.2. The molecule has 1 N–H and O–H groups in total. The molecule has 0 aliphatic carbocycles. The molecule has 0 bridgehead atoms. The number of non-ortho nitro benzene ring substituents is 1. The average Bonchev–Trinajstić information content (AvgIpc) is 3.51. The van der Waals surface area contributed by atoms with Crippen LogP contribution in [0.15, 0.2) is 65.3 Å². The molecule has 3 heterocycles. The minimum Gasteiger partial charge on any atom is -0.461 e. The second-order valence-electron chi connectivity index (χ2n) is 8.60. The number of anilines is 1. The number of nitro benzene ring substituents is 1. The number of hydrogen-bond donors (Lipinski definition) is 1. The van der Waals surface area contributed by atoms with Gasteiger partial charge in [0.2, 0.25) is 11.7 Å². The third-order valence-electron chi connectivity index (χ3n) is 6.85. The summed E-state index contributed by atoms with van der Waals surface area (Å²) in [6, 6.07) is 12.1. The number of halogens is 3. The lowest BCUT2D eigenvalue weighted by molar-refractivity contribution is -0.384. The molecule has 1 amide bonds. The van der Waals surface area contributed by atoms with E-state index in [1.54, 1.807) is 18.0 Å². The molecule has 0 saturated carbocycles. The van der Waals surface area contributed by atoms with Crippen molar-refractivity contribution in [2.24, 2.45) is 5.92 Å². The number of nitro groups is 1. The van der Waals surface area contributed by atoms with Crippen LogP contribution in [0.25, 0.3) is 0 Å². The van der Waals surface area contributed by atoms with Crippen molar-refractivity contribution in [1.82, 2.24) is 4.90 Å². The number of likely N-dealkylation sites (tertiary alicyclic amines) is 1. The summed E-state index contributed by atoms with van der Waals surface area (Å²) in [5.74, 6) is -3.39. The molecular formula is C24H18F3N3O5. The second-order valence-corrected chi connectivity index (χ2v) is 8.60. The van der Waals surface area contributed by atoms with Crippen molar-refractivity contribution in [3.05, 3.63) is 93.4 Å². The van der Waals surface area contributed by atoms with E-state index in [0.717, 1.165) is 6.07 Å². The number of carbonyl (C=O) groups excluding carboxylic acids is 2. The van der Waals surface area contributed by atoms with Gasteiger partial charge in [-0.25, -0.2) is 0 Å². The third-order valence-corrected chi connectivity index (χ3v) is 6.85. The van der Waals surface area contributed by atoms with Crippen molar-refractivity contribution in [3.63, 3.8) is 0 Å². The fourth-order valence-electron chi connectivity index (χ4n) is 5.44. The maximum atomic E-state index is 13.8. The minimum absolute atomic E-state index is 0.0256. The highest BCUT2D eigenvalue weighted by atomic mass is 19.4. The van der Waals surface area contributed by atoms with Crippen LogP contribution >= 0.6 is 0 Å². The van der Waals surface area contributed by atoms with Crippen LogP contribution in [0.3, 0.4) is 0 Å². The summed E-state index contributed by atoms with van der Waals surface area (Å²) in [6.45, 7) is 0.0847. The first-order valence-corrected chi connectivity index (χ1v) is 10.6. The summed E-state index contributed by atoms with van der Waals surface area (Å²) < 4.78 is 46.6. The summed E-state index contributed by atoms with van der Waals surface area (Å²) >= 11 is 0. The number of carbonyl (C=O) groups is 2. The molecule has 5 rings (SSSR count). The van der Waals surface area contributed by atoms with Crippen molar-refractivity contribution in [3.8, 4) is 0 Å². The summed E-state index contributed by atoms with van der Waals surface area (Å²) in [7, 11) is 1.55. The molecule has 1 fully saturated rings. The van der Waals surface area contributed by atoms with Crippen molar-refractivity contribution in [1.29, 1.82) is 0 Å². The number of Topliss-reactive ketones (excluding diaryl/α,β-unsaturated/α-hetero) is 1. The number of benzene rings is 2. The molecule has 3 atom stereocenters. The van der Waals surface area contributed by atoms with Gasteiger partial charge < -0.3 is 9.73 Å². The highest BCUT2D eigenvalue weighted by Crippen LogP contribution is 2.57. The van der Waals surface area contributed by atoms with Crippen LogP contribution in [0, 0.1) is 16.0 Å². The van der Waals surface area contributed by atoms with E-state index in [9.17, 15) is 32.9 Å². The molecule has 1 saturated heterocycles. The van der Waals surface area contributed by atoms with Gasteiger partial charge in [-0.05, 0) is 30.8 Å². The molecule has 3 aromatic rings. The number of fused-ring (bicyclic) bond motifs is 2. The lowest BCUT2D eigenvalue weighted by Gasteiger charge is -2.35. The Bertz CT molecular complexity index is 1350. The zero-order valence-electron chi connectivity index (χ0n) is 18.2. The van der Waals surface area contributed by atoms with E-state index in [4.69, 9.17) is 4.42 Å². The predicted octanol–water partition coefficient (Wildman–Crippen LogP) is 4.58. The average molecular weight is 485 g/mol. The Labute approximate surface area is 196 Å². The Morgan fingerprint density at radius 1 is 1.20 bits per heavy atom. The Kier molecular flexibility index (Phi) is 5.06. The van der Waals surface area contributed by atoms with Crippen LogP contribution in [-0.4, -0.2) is 35.1 Å². The van der Waals surface area contributed by atoms with E-state index < -0.39 is 51.4 Å². The van der Waals surface area contributed by atoms with Crippen LogP contribution < -0.4 is 5.32 Å². The Morgan fingerprint density at radius 2 is 1.94 bits per heavy atom. The van der Waals surface area contributed by atoms with Gasteiger partial charge in [0.1, 0.15) is 5.54 Å². The normalized spacial score (nSPS) is 23.9. The summed E-state index contributed by atoms with van der Waals surface area (Å²) in [5, 5.41) is 13.7. The summed E-state index contributed by atoms with van der Waals surface area (Å²) in [4.78, 5) is 39.7. The molecule has 2 aliphatic heterocycles. The molecule has 1 spiro atoms. The molecule has 1 aromatic heterocycles. The van der Waals surface area contributed by atoms with Gasteiger partial charge in [-0.1, -0.05) is 24.3 Å². The molecule has 0 unspecified atom stereocenters. The molecule has 2 aromatic carbocycles. The summed E-state index contributed by atoms with van der Waals surface area (Å²) in [5.41, 5.74) is -2.95. The van der Waals surface area contributed by atoms with E-state index in [0.29, 0.717) is 5.56 Å². The van der Waals surface area contributed by atoms with E-state index >= 15 is 0 Å². The first kappa shape index (κ1) is 22.8. The van der Waals surface area contributed by atoms with Gasteiger partial charge in [0.25, 0.3) is 5.69 Å². The summed E-state index contributed by atoms with van der Waals surface area (Å²) in [6.07, 6.45) is -3.45. The van der Waals surface area contributed by atoms with Gasteiger partial charge in [-0.3, -0.25) is 24.6 Å². The largest absolute Gasteiger partial charge is 0.461 e. The van der Waals surface area contributed by atoms with Crippen LogP contribution in [0.1, 0.15) is 33.2 Å². The fraction of sp³-hybridized carbons (Fsp3) is 0.250. The van der Waals surface area contributed by atoms with Crippen LogP contribution in [0.4, 0.5) is 24.5 Å². The van der Waals surface area contributed by atoms with Crippen LogP contribution in [-0.2, 0) is 16.5 Å². The first-order chi connectivity index (χ1) is 16.6. The quantitative estimate of drug-likeness (QED) is 0.329. The molecule has 8 nitrogen and oxygen atoms in total. The van der Waals surface area contributed by atoms with Gasteiger partial charge in [0.05, 0.1) is 28.4 Å². The lowest BCUT2D eigenvalue weighted by atomic mass is 9.71. The van der Waals surface area contributed by atoms with Crippen molar-refractivity contribution in [2.45, 2.75) is 17.6 Å². The van der Waals surface area contributed by atoms with Crippen LogP contribution in [0.2, 0.25) is 0 Å². The number of nitrogens with one attached hydrogen (secondary N) is 1. The Balaban J connectivity index is 1.75. The van der Waals surface area contributed by atoms with E-state index in [-0.39, 0.29) is 23.6 Å². The maximum absolute atomic E-state index is 13.8. The Hall–Kier alpha value is -3.99. The molecular weight excluding hydrogens is 467 g/mol. The number of para-hydroxylation sites is 1. The van der Waals surface area contributed by atoms with Crippen molar-refractivity contribution < 1.29 is 32.1 Å². The molecule has 35 heavy (non-hydrogen) atoms. The second kappa shape index (κ2) is 7.77. The van der Waals surface area contributed by atoms with E-state index in [2.05, 4.69) is 5.32 Å². The van der Waals surface area contributed by atoms with E-state index in [1.165, 1.54) is 48.7 Å². The predicted molar refractivity (Wildman–Crippen MR) is 117 cm³/mol. The van der Waals surface area contributed by atoms with Crippen molar-refractivity contribution in [2.75, 3.05) is 18.9 Å². The van der Waals surface area contributed by atoms with Gasteiger partial charge >= 0.3 is 6.18 Å². The minimum atomic E-state index is -4.73. The number of nitrogens with zero attached hydrogens (tertiary/aromatic N) is 2. The lowest BCUT2D eigenvalue weighted by Crippen LogP contribution is -2.51. The number of hydrogen-bond acceptors (Lipinski definition) is 6. The number of likely N-dealkylation sites (N-methyl/N-ethyl adjacent to an activating group) is 1. The van der Waals surface area contributed by atoms with Gasteiger partial charge in [-0.15, -0.1) is 0 Å².